The first-order chi connectivity index (χ1) is 9.15. The summed E-state index contributed by atoms with van der Waals surface area (Å²) in [5.74, 6) is -0.792. The predicted octanol–water partition coefficient (Wildman–Crippen LogP) is 0.663. The van der Waals surface area contributed by atoms with Crippen molar-refractivity contribution in [1.82, 2.24) is 5.32 Å². The Hall–Kier alpha value is -1.40. The number of amides is 1. The topological polar surface area (TPSA) is 73.9 Å². The highest BCUT2D eigenvalue weighted by Gasteiger charge is 2.20. The highest BCUT2D eigenvalue weighted by molar-refractivity contribution is 5.84. The maximum absolute atomic E-state index is 11.6. The molecule has 110 valence electrons. The molecule has 0 aromatic heterocycles. The van der Waals surface area contributed by atoms with E-state index >= 15 is 0 Å². The van der Waals surface area contributed by atoms with Gasteiger partial charge in [-0.25, -0.2) is 4.79 Å². The van der Waals surface area contributed by atoms with Crippen molar-refractivity contribution >= 4 is 11.9 Å². The van der Waals surface area contributed by atoms with Crippen LogP contribution < -0.4 is 5.32 Å². The van der Waals surface area contributed by atoms with Gasteiger partial charge in [0.05, 0.1) is 20.3 Å². The van der Waals surface area contributed by atoms with Gasteiger partial charge in [0.1, 0.15) is 12.6 Å². The molecule has 0 spiro atoms. The molecule has 0 bridgehead atoms. The number of unbranched alkanes of at least 4 members (excludes halogenated alkanes) is 1. The van der Waals surface area contributed by atoms with Crippen LogP contribution in [0.15, 0.2) is 12.7 Å². The van der Waals surface area contributed by atoms with Crippen LogP contribution in [-0.2, 0) is 23.8 Å². The second-order valence-electron chi connectivity index (χ2n) is 3.91. The van der Waals surface area contributed by atoms with Gasteiger partial charge in [0.15, 0.2) is 0 Å². The standard InChI is InChI=1S/C13H23NO5/c1-4-5-6-7-11(13(16)18-3)14-12(15)10-19-9-8-17-2/h4,11H,1,5-10H2,2-3H3,(H,14,15)/t11-/m1/s1. The highest BCUT2D eigenvalue weighted by Crippen LogP contribution is 2.03. The molecule has 1 atom stereocenters. The Morgan fingerprint density at radius 2 is 2.05 bits per heavy atom. The van der Waals surface area contributed by atoms with Crippen LogP contribution in [0.25, 0.3) is 0 Å². The van der Waals surface area contributed by atoms with Gasteiger partial charge in [-0.15, -0.1) is 6.58 Å². The monoisotopic (exact) mass is 273 g/mol. The molecule has 0 fully saturated rings. The summed E-state index contributed by atoms with van der Waals surface area (Å²) in [7, 11) is 2.85. The second kappa shape index (κ2) is 11.7. The van der Waals surface area contributed by atoms with E-state index in [4.69, 9.17) is 9.47 Å². The van der Waals surface area contributed by atoms with Crippen LogP contribution >= 0.6 is 0 Å². The van der Waals surface area contributed by atoms with Gasteiger partial charge in [-0.2, -0.15) is 0 Å². The summed E-state index contributed by atoms with van der Waals surface area (Å²) in [6, 6.07) is -0.636. The average molecular weight is 273 g/mol. The largest absolute Gasteiger partial charge is 0.467 e. The quantitative estimate of drug-likeness (QED) is 0.340. The van der Waals surface area contributed by atoms with Crippen molar-refractivity contribution in [1.29, 1.82) is 0 Å². The molecule has 0 aromatic carbocycles. The zero-order valence-electron chi connectivity index (χ0n) is 11.6. The lowest BCUT2D eigenvalue weighted by Crippen LogP contribution is -2.43. The van der Waals surface area contributed by atoms with Crippen LogP contribution in [-0.4, -0.2) is 52.0 Å². The first kappa shape index (κ1) is 17.6. The Morgan fingerprint density at radius 3 is 2.63 bits per heavy atom. The number of nitrogens with one attached hydrogen (secondary N) is 1. The van der Waals surface area contributed by atoms with Crippen molar-refractivity contribution < 1.29 is 23.8 Å². The van der Waals surface area contributed by atoms with Gasteiger partial charge in [-0.1, -0.05) is 6.08 Å². The van der Waals surface area contributed by atoms with Crippen LogP contribution in [0.3, 0.4) is 0 Å². The van der Waals surface area contributed by atoms with Crippen LogP contribution in [0.4, 0.5) is 0 Å². The van der Waals surface area contributed by atoms with Gasteiger partial charge < -0.3 is 19.5 Å². The predicted molar refractivity (Wildman–Crippen MR) is 70.7 cm³/mol. The fourth-order valence-electron chi connectivity index (χ4n) is 1.40. The number of carbonyl (C=O) groups is 2. The Balaban J connectivity index is 4.04. The van der Waals surface area contributed by atoms with Crippen molar-refractivity contribution in [3.05, 3.63) is 12.7 Å². The van der Waals surface area contributed by atoms with Crippen LogP contribution in [0.2, 0.25) is 0 Å². The van der Waals surface area contributed by atoms with Crippen LogP contribution in [0.1, 0.15) is 19.3 Å². The SMILES string of the molecule is C=CCCC[C@@H](NC(=O)COCCOC)C(=O)OC. The van der Waals surface area contributed by atoms with Crippen LogP contribution in [0, 0.1) is 0 Å². The summed E-state index contributed by atoms with van der Waals surface area (Å²) in [4.78, 5) is 23.1. The van der Waals surface area contributed by atoms with Gasteiger partial charge in [0, 0.05) is 7.11 Å². The number of allylic oxidation sites excluding steroid dienone is 1. The molecule has 0 radical (unpaired) electrons. The number of ether oxygens (including phenoxy) is 3. The van der Waals surface area contributed by atoms with Crippen LogP contribution in [0.5, 0.6) is 0 Å². The molecule has 0 saturated carbocycles. The number of rotatable bonds is 11. The number of carbonyl (C=O) groups excluding carboxylic acids is 2. The Labute approximate surface area is 114 Å². The van der Waals surface area contributed by atoms with E-state index in [-0.39, 0.29) is 12.5 Å². The molecular weight excluding hydrogens is 250 g/mol. The van der Waals surface area contributed by atoms with Crippen molar-refractivity contribution in [2.75, 3.05) is 34.0 Å². The molecule has 0 aliphatic heterocycles. The zero-order valence-corrected chi connectivity index (χ0v) is 11.6. The third-order valence-electron chi connectivity index (χ3n) is 2.39. The van der Waals surface area contributed by atoms with Gasteiger partial charge in [0.25, 0.3) is 0 Å². The molecule has 1 N–H and O–H groups in total. The van der Waals surface area contributed by atoms with E-state index in [2.05, 4.69) is 16.6 Å². The van der Waals surface area contributed by atoms with E-state index < -0.39 is 12.0 Å². The molecule has 0 aliphatic carbocycles. The lowest BCUT2D eigenvalue weighted by Gasteiger charge is -2.16. The zero-order chi connectivity index (χ0) is 14.5. The summed E-state index contributed by atoms with van der Waals surface area (Å²) in [6.07, 6.45) is 3.83. The third-order valence-corrected chi connectivity index (χ3v) is 2.39. The van der Waals surface area contributed by atoms with E-state index in [1.807, 2.05) is 0 Å². The first-order valence-electron chi connectivity index (χ1n) is 6.20. The lowest BCUT2D eigenvalue weighted by molar-refractivity contribution is -0.146. The summed E-state index contributed by atoms with van der Waals surface area (Å²) in [5, 5.41) is 2.59. The smallest absolute Gasteiger partial charge is 0.328 e. The second-order valence-corrected chi connectivity index (χ2v) is 3.91. The number of methoxy groups -OCH3 is 2. The molecule has 0 rings (SSSR count). The molecule has 6 nitrogen and oxygen atoms in total. The lowest BCUT2D eigenvalue weighted by atomic mass is 10.1. The number of esters is 1. The minimum Gasteiger partial charge on any atom is -0.467 e. The van der Waals surface area contributed by atoms with Gasteiger partial charge >= 0.3 is 5.97 Å². The fourth-order valence-corrected chi connectivity index (χ4v) is 1.40. The van der Waals surface area contributed by atoms with E-state index in [1.54, 1.807) is 13.2 Å². The summed E-state index contributed by atoms with van der Waals surface area (Å²) in [5.41, 5.74) is 0. The van der Waals surface area contributed by atoms with Crippen molar-refractivity contribution in [2.24, 2.45) is 0 Å². The number of hydrogen-bond acceptors (Lipinski definition) is 5. The number of hydrogen-bond donors (Lipinski definition) is 1. The van der Waals surface area contributed by atoms with Crippen molar-refractivity contribution in [3.8, 4) is 0 Å². The fraction of sp³-hybridized carbons (Fsp3) is 0.692. The third kappa shape index (κ3) is 9.21. The molecule has 0 aliphatic rings. The van der Waals surface area contributed by atoms with E-state index in [1.165, 1.54) is 7.11 Å². The molecule has 0 heterocycles. The molecule has 0 aromatic rings. The molecule has 6 heteroatoms. The molecular formula is C13H23NO5. The maximum atomic E-state index is 11.6. The minimum atomic E-state index is -0.636. The average Bonchev–Trinajstić information content (AvgIpc) is 2.42. The molecule has 0 saturated heterocycles. The van der Waals surface area contributed by atoms with Gasteiger partial charge in [-0.05, 0) is 19.3 Å². The molecule has 0 unspecified atom stereocenters. The van der Waals surface area contributed by atoms with E-state index in [0.717, 1.165) is 12.8 Å². The van der Waals surface area contributed by atoms with Gasteiger partial charge in [0.2, 0.25) is 5.91 Å². The summed E-state index contributed by atoms with van der Waals surface area (Å²) < 4.78 is 14.5. The summed E-state index contributed by atoms with van der Waals surface area (Å²) >= 11 is 0. The summed E-state index contributed by atoms with van der Waals surface area (Å²) in [6.45, 7) is 4.27. The highest BCUT2D eigenvalue weighted by atomic mass is 16.5. The first-order valence-corrected chi connectivity index (χ1v) is 6.20. The minimum absolute atomic E-state index is 0.0989. The van der Waals surface area contributed by atoms with Crippen molar-refractivity contribution in [2.45, 2.75) is 25.3 Å². The normalized spacial score (nSPS) is 11.7. The molecule has 1 amide bonds. The van der Waals surface area contributed by atoms with E-state index in [0.29, 0.717) is 19.6 Å². The Bertz CT molecular complexity index is 280. The van der Waals surface area contributed by atoms with E-state index in [9.17, 15) is 9.59 Å². The van der Waals surface area contributed by atoms with Crippen molar-refractivity contribution in [3.63, 3.8) is 0 Å². The Kier molecular flexibility index (Phi) is 10.8. The maximum Gasteiger partial charge on any atom is 0.328 e. The molecule has 19 heavy (non-hydrogen) atoms. The Morgan fingerprint density at radius 1 is 1.32 bits per heavy atom. The van der Waals surface area contributed by atoms with Gasteiger partial charge in [-0.3, -0.25) is 4.79 Å².